The zero-order valence-corrected chi connectivity index (χ0v) is 43.3. The highest BCUT2D eigenvalue weighted by Gasteiger charge is 2.46. The molecule has 20 nitrogen and oxygen atoms in total. The van der Waals surface area contributed by atoms with E-state index < -0.39 is 77.7 Å². The number of H-pyrrole nitrogens is 1. The maximum atomic E-state index is 15.0. The van der Waals surface area contributed by atoms with E-state index >= 15 is 0 Å². The Kier molecular flexibility index (Phi) is 16.9. The first kappa shape index (κ1) is 54.7. The number of primary amides is 1. The Morgan fingerprint density at radius 3 is 2.25 bits per heavy atom. The minimum Gasteiger partial charge on any atom is -0.478 e. The molecule has 4 aromatic carbocycles. The third kappa shape index (κ3) is 12.7. The van der Waals surface area contributed by atoms with E-state index in [0.717, 1.165) is 16.7 Å². The summed E-state index contributed by atoms with van der Waals surface area (Å²) in [5, 5.41) is 21.0. The molecule has 0 saturated carbocycles. The zero-order chi connectivity index (χ0) is 55.7. The molecule has 0 spiro atoms. The van der Waals surface area contributed by atoms with Crippen molar-refractivity contribution < 1.29 is 53.1 Å². The van der Waals surface area contributed by atoms with Gasteiger partial charge in [0, 0.05) is 73.4 Å². The Morgan fingerprint density at radius 1 is 0.797 bits per heavy atom. The van der Waals surface area contributed by atoms with Gasteiger partial charge in [-0.05, 0) is 98.0 Å². The SMILES string of the molecule is NC(=O)CC[C@H](NC(=O)[C@@H]1CC[C@@H]2CCN(C(=O)CCCCCC#Cc3cccc4c3CN(C3CCC(=O)NC3=O)C4=O)C[C@H](NC(=O)c3cc4cc(C(=O)O)ccc4[nH]3)C(=O)N21)C(=O)NC(c1ccccc1)c1ccccc1. The summed E-state index contributed by atoms with van der Waals surface area (Å²) < 4.78 is 0. The molecule has 0 aliphatic carbocycles. The number of imide groups is 1. The molecule has 4 aliphatic rings. The van der Waals surface area contributed by atoms with Gasteiger partial charge >= 0.3 is 5.97 Å². The average Bonchev–Trinajstić information content (AvgIpc) is 4.40. The lowest BCUT2D eigenvalue weighted by atomic mass is 9.98. The molecule has 79 heavy (non-hydrogen) atoms. The first-order valence-electron chi connectivity index (χ1n) is 26.6. The van der Waals surface area contributed by atoms with Gasteiger partial charge in [-0.15, -0.1) is 0 Å². The summed E-state index contributed by atoms with van der Waals surface area (Å²) in [6.07, 6.45) is 3.45. The summed E-state index contributed by atoms with van der Waals surface area (Å²) in [6.45, 7) is 0.197. The predicted molar refractivity (Wildman–Crippen MR) is 287 cm³/mol. The van der Waals surface area contributed by atoms with Crippen molar-refractivity contribution in [1.29, 1.82) is 0 Å². The number of nitrogens with one attached hydrogen (secondary N) is 5. The maximum Gasteiger partial charge on any atom is 0.335 e. The number of carboxylic acids is 1. The van der Waals surface area contributed by atoms with Gasteiger partial charge < -0.3 is 46.5 Å². The highest BCUT2D eigenvalue weighted by molar-refractivity contribution is 6.06. The third-order valence-corrected chi connectivity index (χ3v) is 15.1. The summed E-state index contributed by atoms with van der Waals surface area (Å²) in [4.78, 5) is 141. The number of aromatic nitrogens is 1. The molecule has 5 aromatic rings. The number of benzene rings is 4. The van der Waals surface area contributed by atoms with Gasteiger partial charge in [0.2, 0.25) is 41.4 Å². The first-order valence-corrected chi connectivity index (χ1v) is 26.6. The molecule has 1 unspecified atom stereocenters. The van der Waals surface area contributed by atoms with Crippen molar-refractivity contribution in [1.82, 2.24) is 41.0 Å². The number of nitrogens with two attached hydrogens (primary N) is 1. The summed E-state index contributed by atoms with van der Waals surface area (Å²) in [6, 6.07) is 24.1. The van der Waals surface area contributed by atoms with E-state index in [-0.39, 0.29) is 87.1 Å². The number of aromatic carboxylic acids is 1. The monoisotopic (exact) mass is 1070 g/mol. The van der Waals surface area contributed by atoms with Crippen LogP contribution < -0.4 is 27.0 Å². The second-order valence-corrected chi connectivity index (χ2v) is 20.4. The molecule has 3 fully saturated rings. The molecule has 408 valence electrons. The Hall–Kier alpha value is -9.12. The first-order chi connectivity index (χ1) is 38.1. The summed E-state index contributed by atoms with van der Waals surface area (Å²) in [5.74, 6) is 0.653. The van der Waals surface area contributed by atoms with Crippen LogP contribution in [0.2, 0.25) is 0 Å². The molecular weight excluding hydrogens is 1010 g/mol. The van der Waals surface area contributed by atoms with Crippen LogP contribution >= 0.6 is 0 Å². The van der Waals surface area contributed by atoms with Crippen LogP contribution in [0.15, 0.2) is 103 Å². The number of unbranched alkanes of at least 4 members (excludes halogenated alkanes) is 3. The summed E-state index contributed by atoms with van der Waals surface area (Å²) >= 11 is 0. The topological polar surface area (TPSA) is 291 Å². The maximum absolute atomic E-state index is 15.0. The van der Waals surface area contributed by atoms with E-state index in [9.17, 15) is 53.1 Å². The number of carbonyl (C=O) groups excluding carboxylic acids is 9. The number of piperidine rings is 1. The lowest BCUT2D eigenvalue weighted by molar-refractivity contribution is -0.145. The van der Waals surface area contributed by atoms with E-state index in [0.29, 0.717) is 60.6 Å². The third-order valence-electron chi connectivity index (χ3n) is 15.1. The fraction of sp³-hybridized carbons (Fsp3) is 0.356. The van der Waals surface area contributed by atoms with Gasteiger partial charge in [0.15, 0.2) is 0 Å². The lowest BCUT2D eigenvalue weighted by Crippen LogP contribution is -2.62. The number of aromatic amines is 1. The van der Waals surface area contributed by atoms with Gasteiger partial charge in [0.1, 0.15) is 29.9 Å². The fourth-order valence-corrected chi connectivity index (χ4v) is 11.0. The molecule has 5 heterocycles. The Labute approximate surface area is 455 Å². The summed E-state index contributed by atoms with van der Waals surface area (Å²) in [5.41, 5.74) is 9.51. The van der Waals surface area contributed by atoms with Gasteiger partial charge in [-0.3, -0.25) is 48.5 Å². The minimum atomic E-state index is -1.33. The Morgan fingerprint density at radius 2 is 1.54 bits per heavy atom. The molecule has 8 N–H and O–H groups in total. The van der Waals surface area contributed by atoms with Crippen LogP contribution in [-0.2, 0) is 40.1 Å². The van der Waals surface area contributed by atoms with Gasteiger partial charge in [-0.2, -0.15) is 0 Å². The smallest absolute Gasteiger partial charge is 0.335 e. The molecular formula is C59H61N9O11. The second kappa shape index (κ2) is 24.5. The number of carbonyl (C=O) groups is 10. The number of nitrogens with zero attached hydrogens (tertiary/aromatic N) is 3. The molecule has 9 rings (SSSR count). The molecule has 0 bridgehead atoms. The van der Waals surface area contributed by atoms with E-state index in [1.165, 1.54) is 34.1 Å². The van der Waals surface area contributed by atoms with Crippen LogP contribution in [0.5, 0.6) is 0 Å². The normalized spacial score (nSPS) is 19.3. The van der Waals surface area contributed by atoms with Crippen LogP contribution in [0.1, 0.15) is 137 Å². The van der Waals surface area contributed by atoms with Crippen molar-refractivity contribution in [3.8, 4) is 11.8 Å². The average molecular weight is 1070 g/mol. The van der Waals surface area contributed by atoms with Gasteiger partial charge in [0.05, 0.1) is 11.6 Å². The minimum absolute atomic E-state index is 0.0112. The van der Waals surface area contributed by atoms with Crippen LogP contribution in [-0.4, -0.2) is 127 Å². The number of rotatable bonds is 18. The van der Waals surface area contributed by atoms with E-state index in [1.54, 1.807) is 17.0 Å². The molecule has 0 radical (unpaired) electrons. The number of amides is 9. The zero-order valence-electron chi connectivity index (χ0n) is 43.3. The molecule has 5 atom stereocenters. The molecule has 3 saturated heterocycles. The van der Waals surface area contributed by atoms with Crippen molar-refractivity contribution in [2.75, 3.05) is 13.1 Å². The van der Waals surface area contributed by atoms with Crippen molar-refractivity contribution in [2.24, 2.45) is 5.73 Å². The van der Waals surface area contributed by atoms with Gasteiger partial charge in [0.25, 0.3) is 11.8 Å². The van der Waals surface area contributed by atoms with E-state index in [1.807, 2.05) is 66.7 Å². The largest absolute Gasteiger partial charge is 0.478 e. The Bertz CT molecular complexity index is 3240. The number of hydrogen-bond acceptors (Lipinski definition) is 10. The fourth-order valence-electron chi connectivity index (χ4n) is 11.0. The van der Waals surface area contributed by atoms with Gasteiger partial charge in [-0.1, -0.05) is 85.0 Å². The number of carboxylic acid groups (broad SMARTS) is 1. The standard InChI is InChI=1S/C59H61N9O11/c60-49(69)27-24-44(53(72)65-52(36-14-7-4-8-15-36)37-16-9-5-10-17-37)62-56(75)48-25-22-40-29-30-66(34-46(58(77)68(40)48)63-54(73)45-32-39-31-38(59(78)79)21-23-43(39)61-45)51(71)20-11-3-1-2-6-13-35-18-12-19-41-42(35)33-67(57(41)76)47-26-28-50(70)64-55(47)74/h4-5,7-10,12,14-19,21,23,31-32,40,44,46-48,52,61H,1-3,11,20,22,24-30,33-34H2,(H2,60,69)(H,62,75)(H,63,73)(H,65,72)(H,78,79)(H,64,70,74)/t40-,44+,46+,47?,48+/m1/s1. The molecule has 1 aromatic heterocycles. The van der Waals surface area contributed by atoms with E-state index in [4.69, 9.17) is 5.73 Å². The number of hydrogen-bond donors (Lipinski definition) is 7. The second-order valence-electron chi connectivity index (χ2n) is 20.4. The lowest BCUT2D eigenvalue weighted by Gasteiger charge is -2.39. The highest BCUT2D eigenvalue weighted by atomic mass is 16.4. The van der Waals surface area contributed by atoms with Crippen molar-refractivity contribution in [2.45, 2.75) is 120 Å². The van der Waals surface area contributed by atoms with Crippen molar-refractivity contribution >= 4 is 70.0 Å². The van der Waals surface area contributed by atoms with Crippen LogP contribution in [0, 0.1) is 11.8 Å². The predicted octanol–water partition coefficient (Wildman–Crippen LogP) is 3.98. The van der Waals surface area contributed by atoms with Crippen molar-refractivity contribution in [3.63, 3.8) is 0 Å². The summed E-state index contributed by atoms with van der Waals surface area (Å²) in [7, 11) is 0. The van der Waals surface area contributed by atoms with Crippen LogP contribution in [0.25, 0.3) is 10.9 Å². The highest BCUT2D eigenvalue weighted by Crippen LogP contribution is 2.32. The van der Waals surface area contributed by atoms with Crippen LogP contribution in [0.3, 0.4) is 0 Å². The quantitative estimate of drug-likeness (QED) is 0.0374. The van der Waals surface area contributed by atoms with Crippen LogP contribution in [0.4, 0.5) is 0 Å². The molecule has 20 heteroatoms. The van der Waals surface area contributed by atoms with Crippen molar-refractivity contribution in [3.05, 3.63) is 142 Å². The Balaban J connectivity index is 0.869. The van der Waals surface area contributed by atoms with E-state index in [2.05, 4.69) is 38.1 Å². The molecule has 9 amide bonds. The molecule has 4 aliphatic heterocycles. The van der Waals surface area contributed by atoms with Gasteiger partial charge in [-0.25, -0.2) is 4.79 Å². The number of fused-ring (bicyclic) bond motifs is 3.